The number of fused-ring (bicyclic) bond motifs is 1. The van der Waals surface area contributed by atoms with Crippen LogP contribution in [-0.2, 0) is 5.41 Å². The standard InChI is InChI=1S/C12H17N.I2/c1-8-5-6-11-10(7-8)12(3,4)9(2)13-11;1-2/h5-7,9,13H,1-4H3;. The zero-order valence-corrected chi connectivity index (χ0v) is 13.9. The lowest BCUT2D eigenvalue weighted by atomic mass is 9.81. The van der Waals surface area contributed by atoms with Crippen molar-refractivity contribution in [2.24, 2.45) is 0 Å². The van der Waals surface area contributed by atoms with Gasteiger partial charge in [-0.3, -0.25) is 0 Å². The first-order chi connectivity index (χ1) is 7.01. The Morgan fingerprint density at radius 2 is 1.87 bits per heavy atom. The second kappa shape index (κ2) is 5.21. The molecular formula is C12H17I2N. The molecule has 0 spiro atoms. The monoisotopic (exact) mass is 429 g/mol. The highest BCUT2D eigenvalue weighted by Gasteiger charge is 2.35. The fourth-order valence-corrected chi connectivity index (χ4v) is 1.96. The number of aryl methyl sites for hydroxylation is 1. The zero-order valence-electron chi connectivity index (χ0n) is 9.57. The molecule has 0 saturated carbocycles. The van der Waals surface area contributed by atoms with Gasteiger partial charge in [0.2, 0.25) is 0 Å². The van der Waals surface area contributed by atoms with Gasteiger partial charge in [0, 0.05) is 54.4 Å². The molecule has 0 bridgehead atoms. The number of hydrogen-bond acceptors (Lipinski definition) is 1. The molecule has 1 nitrogen and oxygen atoms in total. The smallest absolute Gasteiger partial charge is 0.0381 e. The van der Waals surface area contributed by atoms with Crippen molar-refractivity contribution in [2.75, 3.05) is 5.32 Å². The minimum Gasteiger partial charge on any atom is -0.381 e. The number of nitrogens with one attached hydrogen (secondary N) is 1. The van der Waals surface area contributed by atoms with Crippen molar-refractivity contribution in [2.45, 2.75) is 39.2 Å². The van der Waals surface area contributed by atoms with Crippen LogP contribution in [0.25, 0.3) is 0 Å². The summed E-state index contributed by atoms with van der Waals surface area (Å²) in [6, 6.07) is 7.19. The molecule has 0 saturated heterocycles. The summed E-state index contributed by atoms with van der Waals surface area (Å²) in [5.74, 6) is 0. The second-order valence-electron chi connectivity index (χ2n) is 4.64. The van der Waals surface area contributed by atoms with E-state index in [0.29, 0.717) is 6.04 Å². The molecule has 1 unspecified atom stereocenters. The second-order valence-corrected chi connectivity index (χ2v) is 4.64. The summed E-state index contributed by atoms with van der Waals surface area (Å²) in [5.41, 5.74) is 4.38. The lowest BCUT2D eigenvalue weighted by Crippen LogP contribution is -2.29. The summed E-state index contributed by atoms with van der Waals surface area (Å²) in [6.07, 6.45) is 0. The maximum absolute atomic E-state index is 3.51. The molecule has 0 radical (unpaired) electrons. The Bertz CT molecular complexity index is 347. The van der Waals surface area contributed by atoms with E-state index in [2.05, 4.69) is 88.4 Å². The summed E-state index contributed by atoms with van der Waals surface area (Å²) < 4.78 is 0. The van der Waals surface area contributed by atoms with Crippen LogP contribution in [0.3, 0.4) is 0 Å². The van der Waals surface area contributed by atoms with Crippen molar-refractivity contribution < 1.29 is 0 Å². The predicted molar refractivity (Wildman–Crippen MR) is 85.3 cm³/mol. The van der Waals surface area contributed by atoms with Crippen molar-refractivity contribution >= 4 is 42.9 Å². The molecule has 15 heavy (non-hydrogen) atoms. The van der Waals surface area contributed by atoms with Gasteiger partial charge in [-0.2, -0.15) is 0 Å². The minimum atomic E-state index is 0.265. The highest BCUT2D eigenvalue weighted by atomic mass is 128. The van der Waals surface area contributed by atoms with Crippen LogP contribution in [0.15, 0.2) is 18.2 Å². The van der Waals surface area contributed by atoms with Gasteiger partial charge < -0.3 is 5.32 Å². The first-order valence-corrected chi connectivity index (χ1v) is 11.3. The molecule has 1 aromatic rings. The highest BCUT2D eigenvalue weighted by Crippen LogP contribution is 2.40. The topological polar surface area (TPSA) is 12.0 Å². The van der Waals surface area contributed by atoms with E-state index in [0.717, 1.165) is 0 Å². The molecule has 0 aromatic heterocycles. The van der Waals surface area contributed by atoms with Crippen LogP contribution < -0.4 is 5.32 Å². The molecule has 1 N–H and O–H groups in total. The van der Waals surface area contributed by atoms with Gasteiger partial charge in [-0.05, 0) is 25.5 Å². The van der Waals surface area contributed by atoms with Gasteiger partial charge in [0.1, 0.15) is 0 Å². The van der Waals surface area contributed by atoms with Crippen LogP contribution in [0, 0.1) is 6.92 Å². The van der Waals surface area contributed by atoms with Crippen molar-refractivity contribution in [3.05, 3.63) is 29.3 Å². The number of anilines is 1. The maximum Gasteiger partial charge on any atom is 0.0381 e. The van der Waals surface area contributed by atoms with E-state index in [-0.39, 0.29) is 5.41 Å². The molecule has 1 atom stereocenters. The van der Waals surface area contributed by atoms with Crippen LogP contribution in [0.5, 0.6) is 0 Å². The third kappa shape index (κ3) is 2.60. The summed E-state index contributed by atoms with van der Waals surface area (Å²) in [6.45, 7) is 9.00. The average molecular weight is 429 g/mol. The Balaban J connectivity index is 0.000000531. The normalized spacial score (nSPS) is 21.1. The summed E-state index contributed by atoms with van der Waals surface area (Å²) in [5, 5.41) is 3.51. The Morgan fingerprint density at radius 1 is 1.27 bits per heavy atom. The molecule has 1 aliphatic rings. The molecule has 1 aromatic carbocycles. The first kappa shape index (κ1) is 13.5. The van der Waals surface area contributed by atoms with Crippen LogP contribution in [0.1, 0.15) is 31.9 Å². The van der Waals surface area contributed by atoms with Crippen molar-refractivity contribution in [3.8, 4) is 0 Å². The van der Waals surface area contributed by atoms with Gasteiger partial charge in [-0.15, -0.1) is 0 Å². The minimum absolute atomic E-state index is 0.265. The molecule has 1 heterocycles. The zero-order chi connectivity index (χ0) is 11.6. The fourth-order valence-electron chi connectivity index (χ4n) is 1.96. The average Bonchev–Trinajstić information content (AvgIpc) is 2.43. The van der Waals surface area contributed by atoms with Crippen LogP contribution in [0.4, 0.5) is 5.69 Å². The molecule has 0 amide bonds. The number of benzene rings is 1. The van der Waals surface area contributed by atoms with E-state index >= 15 is 0 Å². The molecule has 0 aliphatic carbocycles. The van der Waals surface area contributed by atoms with E-state index in [4.69, 9.17) is 0 Å². The summed E-state index contributed by atoms with van der Waals surface area (Å²) in [4.78, 5) is 0. The summed E-state index contributed by atoms with van der Waals surface area (Å²) >= 11 is 4.24. The van der Waals surface area contributed by atoms with Gasteiger partial charge in [-0.1, -0.05) is 31.5 Å². The quantitative estimate of drug-likeness (QED) is 0.582. The third-order valence-corrected chi connectivity index (χ3v) is 3.32. The molecule has 2 rings (SSSR count). The van der Waals surface area contributed by atoms with Gasteiger partial charge in [0.05, 0.1) is 0 Å². The molecular weight excluding hydrogens is 412 g/mol. The molecule has 0 fully saturated rings. The summed E-state index contributed by atoms with van der Waals surface area (Å²) in [7, 11) is 0. The lowest BCUT2D eigenvalue weighted by Gasteiger charge is -2.24. The van der Waals surface area contributed by atoms with Crippen LogP contribution >= 0.6 is 37.2 Å². The highest BCUT2D eigenvalue weighted by molar-refractivity contribution is 15.0. The van der Waals surface area contributed by atoms with Gasteiger partial charge in [-0.25, -0.2) is 0 Å². The van der Waals surface area contributed by atoms with Crippen LogP contribution in [0.2, 0.25) is 0 Å². The molecule has 3 heteroatoms. The largest absolute Gasteiger partial charge is 0.381 e. The van der Waals surface area contributed by atoms with E-state index in [1.165, 1.54) is 16.8 Å². The van der Waals surface area contributed by atoms with E-state index in [1.807, 2.05) is 0 Å². The number of hydrogen-bond donors (Lipinski definition) is 1. The number of rotatable bonds is 0. The van der Waals surface area contributed by atoms with Crippen molar-refractivity contribution in [1.29, 1.82) is 0 Å². The molecule has 84 valence electrons. The Morgan fingerprint density at radius 3 is 2.47 bits per heavy atom. The van der Waals surface area contributed by atoms with Crippen LogP contribution in [-0.4, -0.2) is 6.04 Å². The Hall–Kier alpha value is 0.480. The van der Waals surface area contributed by atoms with Gasteiger partial charge in [0.25, 0.3) is 0 Å². The van der Waals surface area contributed by atoms with E-state index in [1.54, 1.807) is 0 Å². The van der Waals surface area contributed by atoms with Gasteiger partial charge in [0.15, 0.2) is 0 Å². The Labute approximate surface area is 116 Å². The first-order valence-electron chi connectivity index (χ1n) is 5.04. The fraction of sp³-hybridized carbons (Fsp3) is 0.500. The van der Waals surface area contributed by atoms with Gasteiger partial charge >= 0.3 is 0 Å². The maximum atomic E-state index is 3.51. The molecule has 1 aliphatic heterocycles. The number of halogens is 2. The van der Waals surface area contributed by atoms with E-state index in [9.17, 15) is 0 Å². The van der Waals surface area contributed by atoms with Crippen molar-refractivity contribution in [1.82, 2.24) is 0 Å². The Kier molecular flexibility index (Phi) is 4.70. The third-order valence-electron chi connectivity index (χ3n) is 3.32. The SMILES string of the molecule is Cc1ccc2c(c1)C(C)(C)C(C)N2.II. The predicted octanol–water partition coefficient (Wildman–Crippen LogP) is 4.86. The van der Waals surface area contributed by atoms with Crippen molar-refractivity contribution in [3.63, 3.8) is 0 Å². The van der Waals surface area contributed by atoms with E-state index < -0.39 is 0 Å². The lowest BCUT2D eigenvalue weighted by molar-refractivity contribution is 0.486.